The van der Waals surface area contributed by atoms with Gasteiger partial charge in [-0.05, 0) is 35.9 Å². The van der Waals surface area contributed by atoms with Gasteiger partial charge in [-0.1, -0.05) is 36.4 Å². The number of alkyl halides is 3. The molecule has 0 aliphatic carbocycles. The van der Waals surface area contributed by atoms with E-state index >= 15 is 0 Å². The van der Waals surface area contributed by atoms with E-state index in [4.69, 9.17) is 0 Å². The van der Waals surface area contributed by atoms with Crippen molar-refractivity contribution in [2.75, 3.05) is 13.6 Å². The van der Waals surface area contributed by atoms with Crippen LogP contribution in [0.25, 0.3) is 0 Å². The topological polar surface area (TPSA) is 12.5 Å². The molecule has 1 aliphatic rings. The second-order valence-electron chi connectivity index (χ2n) is 5.57. The maximum absolute atomic E-state index is 12.4. The number of nitrogens with zero attached hydrogens (tertiary/aromatic N) is 1. The zero-order valence-electron chi connectivity index (χ0n) is 12.1. The van der Waals surface area contributed by atoms with Crippen molar-refractivity contribution in [2.45, 2.75) is 18.8 Å². The number of hydrogen-bond donors (Lipinski definition) is 0. The first-order valence-electron chi connectivity index (χ1n) is 7.04. The quantitative estimate of drug-likeness (QED) is 0.826. The average Bonchev–Trinajstić information content (AvgIpc) is 2.45. The Labute approximate surface area is 127 Å². The fourth-order valence-electron chi connectivity index (χ4n) is 2.99. The number of benzene rings is 2. The van der Waals surface area contributed by atoms with Gasteiger partial charge >= 0.3 is 6.36 Å². The van der Waals surface area contributed by atoms with Crippen LogP contribution in [0.2, 0.25) is 0 Å². The molecule has 0 saturated carbocycles. The van der Waals surface area contributed by atoms with Gasteiger partial charge in [0.1, 0.15) is 5.75 Å². The van der Waals surface area contributed by atoms with Crippen LogP contribution in [-0.4, -0.2) is 24.9 Å². The molecule has 0 saturated heterocycles. The molecule has 0 N–H and O–H groups in total. The predicted octanol–water partition coefficient (Wildman–Crippen LogP) is 4.16. The first-order valence-corrected chi connectivity index (χ1v) is 7.04. The zero-order valence-corrected chi connectivity index (χ0v) is 12.1. The molecule has 2 nitrogen and oxygen atoms in total. The monoisotopic (exact) mass is 307 g/mol. The molecule has 0 amide bonds. The Morgan fingerprint density at radius 1 is 1.09 bits per heavy atom. The van der Waals surface area contributed by atoms with E-state index in [1.807, 2.05) is 37.4 Å². The van der Waals surface area contributed by atoms with Crippen molar-refractivity contribution in [1.29, 1.82) is 0 Å². The normalized spacial score (nSPS) is 18.8. The van der Waals surface area contributed by atoms with E-state index in [9.17, 15) is 13.2 Å². The second kappa shape index (κ2) is 5.65. The lowest BCUT2D eigenvalue weighted by Gasteiger charge is -2.33. The molecule has 0 bridgehead atoms. The third-order valence-electron chi connectivity index (χ3n) is 3.86. The number of likely N-dealkylation sites (N-methyl/N-ethyl adjacent to an activating group) is 1. The van der Waals surface area contributed by atoms with Gasteiger partial charge < -0.3 is 9.64 Å². The molecule has 3 rings (SSSR count). The van der Waals surface area contributed by atoms with Crippen molar-refractivity contribution in [2.24, 2.45) is 0 Å². The molecule has 0 radical (unpaired) electrons. The summed E-state index contributed by atoms with van der Waals surface area (Å²) in [7, 11) is 1.97. The molecule has 2 aromatic rings. The van der Waals surface area contributed by atoms with E-state index in [1.54, 1.807) is 6.07 Å². The van der Waals surface area contributed by atoms with Crippen molar-refractivity contribution in [3.63, 3.8) is 0 Å². The Morgan fingerprint density at radius 3 is 2.50 bits per heavy atom. The third kappa shape index (κ3) is 3.25. The van der Waals surface area contributed by atoms with Crippen LogP contribution in [0.15, 0.2) is 48.5 Å². The fraction of sp³-hybridized carbons (Fsp3) is 0.294. The maximum atomic E-state index is 12.4. The van der Waals surface area contributed by atoms with Gasteiger partial charge in [0.15, 0.2) is 0 Å². The van der Waals surface area contributed by atoms with E-state index in [2.05, 4.69) is 9.64 Å². The summed E-state index contributed by atoms with van der Waals surface area (Å²) in [6, 6.07) is 14.7. The van der Waals surface area contributed by atoms with E-state index in [0.29, 0.717) is 6.54 Å². The van der Waals surface area contributed by atoms with E-state index in [-0.39, 0.29) is 11.7 Å². The summed E-state index contributed by atoms with van der Waals surface area (Å²) in [5.41, 5.74) is 3.11. The minimum atomic E-state index is -4.66. The summed E-state index contributed by atoms with van der Waals surface area (Å²) in [5, 5.41) is 0. The van der Waals surface area contributed by atoms with Crippen molar-refractivity contribution in [3.05, 3.63) is 65.2 Å². The Kier molecular flexibility index (Phi) is 3.83. The summed E-state index contributed by atoms with van der Waals surface area (Å²) in [6.45, 7) is 1.46. The lowest BCUT2D eigenvalue weighted by atomic mass is 9.85. The first kappa shape index (κ1) is 14.9. The molecule has 1 atom stereocenters. The first-order chi connectivity index (χ1) is 10.4. The molecule has 22 heavy (non-hydrogen) atoms. The number of rotatable bonds is 2. The smallest absolute Gasteiger partial charge is 0.406 e. The molecule has 2 aromatic carbocycles. The van der Waals surface area contributed by atoms with Gasteiger partial charge in [0.2, 0.25) is 0 Å². The fourth-order valence-corrected chi connectivity index (χ4v) is 2.99. The second-order valence-corrected chi connectivity index (χ2v) is 5.57. The Morgan fingerprint density at radius 2 is 1.82 bits per heavy atom. The standard InChI is InChI=1S/C17H16F3NO/c1-21-10-13-9-14(22-17(18,19)20)7-8-15(13)16(11-21)12-5-3-2-4-6-12/h2-9,16H,10-11H2,1H3. The molecule has 116 valence electrons. The van der Waals surface area contributed by atoms with Gasteiger partial charge in [-0.15, -0.1) is 13.2 Å². The number of halogens is 3. The molecule has 5 heteroatoms. The summed E-state index contributed by atoms with van der Waals surface area (Å²) >= 11 is 0. The molecular weight excluding hydrogens is 291 g/mol. The van der Waals surface area contributed by atoms with Crippen LogP contribution < -0.4 is 4.74 Å². The largest absolute Gasteiger partial charge is 0.573 e. The van der Waals surface area contributed by atoms with Crippen molar-refractivity contribution in [3.8, 4) is 5.75 Å². The minimum Gasteiger partial charge on any atom is -0.406 e. The van der Waals surface area contributed by atoms with Crippen LogP contribution in [0.1, 0.15) is 22.6 Å². The molecule has 1 unspecified atom stereocenters. The predicted molar refractivity (Wildman–Crippen MR) is 77.7 cm³/mol. The average molecular weight is 307 g/mol. The van der Waals surface area contributed by atoms with Crippen molar-refractivity contribution >= 4 is 0 Å². The molecule has 1 aliphatic heterocycles. The van der Waals surface area contributed by atoms with Crippen LogP contribution >= 0.6 is 0 Å². The van der Waals surface area contributed by atoms with Gasteiger partial charge in [0.05, 0.1) is 0 Å². The molecular formula is C17H16F3NO. The number of hydrogen-bond acceptors (Lipinski definition) is 2. The highest BCUT2D eigenvalue weighted by Crippen LogP contribution is 2.35. The zero-order chi connectivity index (χ0) is 15.7. The van der Waals surface area contributed by atoms with Crippen molar-refractivity contribution < 1.29 is 17.9 Å². The van der Waals surface area contributed by atoms with Crippen LogP contribution in [0.4, 0.5) is 13.2 Å². The van der Waals surface area contributed by atoms with Crippen LogP contribution in [0.3, 0.4) is 0 Å². The highest BCUT2D eigenvalue weighted by molar-refractivity contribution is 5.44. The molecule has 1 heterocycles. The maximum Gasteiger partial charge on any atom is 0.573 e. The Bertz CT molecular complexity index is 655. The molecule has 0 fully saturated rings. The number of fused-ring (bicyclic) bond motifs is 1. The van der Waals surface area contributed by atoms with Crippen molar-refractivity contribution in [1.82, 2.24) is 4.90 Å². The summed E-state index contributed by atoms with van der Waals surface area (Å²) < 4.78 is 41.1. The molecule has 0 spiro atoms. The number of ether oxygens (including phenoxy) is 1. The van der Waals surface area contributed by atoms with Gasteiger partial charge in [-0.25, -0.2) is 0 Å². The van der Waals surface area contributed by atoms with Crippen LogP contribution in [-0.2, 0) is 6.54 Å². The van der Waals surface area contributed by atoms with Gasteiger partial charge in [0, 0.05) is 19.0 Å². The lowest BCUT2D eigenvalue weighted by molar-refractivity contribution is -0.274. The van der Waals surface area contributed by atoms with Gasteiger partial charge in [-0.2, -0.15) is 0 Å². The lowest BCUT2D eigenvalue weighted by Crippen LogP contribution is -2.31. The highest BCUT2D eigenvalue weighted by atomic mass is 19.4. The highest BCUT2D eigenvalue weighted by Gasteiger charge is 2.32. The Hall–Kier alpha value is -2.01. The Balaban J connectivity index is 1.97. The van der Waals surface area contributed by atoms with Gasteiger partial charge in [0.25, 0.3) is 0 Å². The summed E-state index contributed by atoms with van der Waals surface area (Å²) in [5.74, 6) is 0.00301. The summed E-state index contributed by atoms with van der Waals surface area (Å²) in [6.07, 6.45) is -4.66. The molecule has 0 aromatic heterocycles. The van der Waals surface area contributed by atoms with E-state index in [0.717, 1.165) is 17.7 Å². The van der Waals surface area contributed by atoms with E-state index in [1.165, 1.54) is 17.7 Å². The minimum absolute atomic E-state index is 0.159. The van der Waals surface area contributed by atoms with Crippen LogP contribution in [0.5, 0.6) is 5.75 Å². The summed E-state index contributed by atoms with van der Waals surface area (Å²) in [4.78, 5) is 2.11. The third-order valence-corrected chi connectivity index (χ3v) is 3.86. The SMILES string of the molecule is CN1Cc2cc(OC(F)(F)F)ccc2C(c2ccccc2)C1. The van der Waals surface area contributed by atoms with Crippen LogP contribution in [0, 0.1) is 0 Å². The van der Waals surface area contributed by atoms with Gasteiger partial charge in [-0.3, -0.25) is 0 Å². The van der Waals surface area contributed by atoms with E-state index < -0.39 is 6.36 Å².